The smallest absolute Gasteiger partial charge is 0.0178 e. The number of rotatable bonds is 1. The summed E-state index contributed by atoms with van der Waals surface area (Å²) in [6.07, 6.45) is 1.27. The quantitative estimate of drug-likeness (QED) is 0.820. The Bertz CT molecular complexity index is 271. The third-order valence-corrected chi connectivity index (χ3v) is 2.87. The fourth-order valence-electron chi connectivity index (χ4n) is 1.70. The highest BCUT2D eigenvalue weighted by Gasteiger charge is 2.15. The van der Waals surface area contributed by atoms with Gasteiger partial charge in [0.15, 0.2) is 0 Å². The van der Waals surface area contributed by atoms with E-state index in [0.29, 0.717) is 0 Å². The van der Waals surface area contributed by atoms with Crippen molar-refractivity contribution in [2.24, 2.45) is 0 Å². The summed E-state index contributed by atoms with van der Waals surface area (Å²) in [5.41, 5.74) is 1.45. The fraction of sp³-hybridized carbons (Fsp3) is 0.400. The van der Waals surface area contributed by atoms with Crippen LogP contribution in [0.2, 0.25) is 0 Å². The molecule has 3 heteroatoms. The van der Waals surface area contributed by atoms with Crippen molar-refractivity contribution in [3.8, 4) is 0 Å². The molecule has 1 atom stereocenters. The average Bonchev–Trinajstić information content (AvgIpc) is 2.56. The third kappa shape index (κ3) is 2.70. The van der Waals surface area contributed by atoms with Gasteiger partial charge in [-0.15, -0.1) is 12.4 Å². The van der Waals surface area contributed by atoms with Crippen molar-refractivity contribution >= 4 is 28.3 Å². The molecule has 0 aromatic heterocycles. The first kappa shape index (κ1) is 11.0. The molecule has 1 aliphatic heterocycles. The Morgan fingerprint density at radius 2 is 2.23 bits per heavy atom. The lowest BCUT2D eigenvalue weighted by Crippen LogP contribution is -2.07. The predicted molar refractivity (Wildman–Crippen MR) is 61.6 cm³/mol. The molecule has 1 saturated heterocycles. The van der Waals surface area contributed by atoms with E-state index in [0.717, 1.165) is 19.0 Å². The molecule has 1 aliphatic rings. The molecule has 1 fully saturated rings. The minimum atomic E-state index is 0. The van der Waals surface area contributed by atoms with E-state index in [1.165, 1.54) is 16.5 Å². The molecule has 1 N–H and O–H groups in total. The van der Waals surface area contributed by atoms with Crippen molar-refractivity contribution < 1.29 is 0 Å². The number of nitrogens with one attached hydrogen (secondary N) is 1. The summed E-state index contributed by atoms with van der Waals surface area (Å²) in [6.45, 7) is 2.30. The van der Waals surface area contributed by atoms with Crippen molar-refractivity contribution in [2.45, 2.75) is 12.3 Å². The number of hydrogen-bond donors (Lipinski definition) is 1. The van der Waals surface area contributed by atoms with Gasteiger partial charge in [-0.3, -0.25) is 0 Å². The lowest BCUT2D eigenvalue weighted by atomic mass is 9.99. The summed E-state index contributed by atoms with van der Waals surface area (Å²) in [4.78, 5) is 0. The maximum absolute atomic E-state index is 3.49. The van der Waals surface area contributed by atoms with E-state index < -0.39 is 0 Å². The average molecular weight is 263 g/mol. The van der Waals surface area contributed by atoms with E-state index >= 15 is 0 Å². The third-order valence-electron chi connectivity index (χ3n) is 2.38. The molecular formula is C10H13BrClN. The Morgan fingerprint density at radius 3 is 2.85 bits per heavy atom. The Balaban J connectivity index is 0.000000845. The van der Waals surface area contributed by atoms with Crippen LogP contribution in [0, 0.1) is 0 Å². The van der Waals surface area contributed by atoms with Crippen molar-refractivity contribution in [3.05, 3.63) is 34.3 Å². The van der Waals surface area contributed by atoms with Crippen LogP contribution in [-0.2, 0) is 0 Å². The molecule has 13 heavy (non-hydrogen) atoms. The van der Waals surface area contributed by atoms with E-state index in [4.69, 9.17) is 0 Å². The van der Waals surface area contributed by atoms with Crippen LogP contribution < -0.4 is 5.32 Å². The maximum atomic E-state index is 3.49. The van der Waals surface area contributed by atoms with Crippen LogP contribution in [0.4, 0.5) is 0 Å². The zero-order valence-corrected chi connectivity index (χ0v) is 9.70. The highest BCUT2D eigenvalue weighted by atomic mass is 79.9. The van der Waals surface area contributed by atoms with E-state index in [1.807, 2.05) is 0 Å². The highest BCUT2D eigenvalue weighted by molar-refractivity contribution is 9.10. The molecule has 1 nitrogen and oxygen atoms in total. The van der Waals surface area contributed by atoms with Gasteiger partial charge < -0.3 is 5.32 Å². The summed E-state index contributed by atoms with van der Waals surface area (Å²) in [5, 5.41) is 3.37. The minimum absolute atomic E-state index is 0. The first-order chi connectivity index (χ1) is 5.86. The van der Waals surface area contributed by atoms with E-state index in [2.05, 4.69) is 45.5 Å². The number of hydrogen-bond acceptors (Lipinski definition) is 1. The van der Waals surface area contributed by atoms with Gasteiger partial charge >= 0.3 is 0 Å². The predicted octanol–water partition coefficient (Wildman–Crippen LogP) is 2.95. The van der Waals surface area contributed by atoms with Crippen LogP contribution in [0.25, 0.3) is 0 Å². The van der Waals surface area contributed by atoms with Gasteiger partial charge in [0.1, 0.15) is 0 Å². The Labute approximate surface area is 93.5 Å². The Hall–Kier alpha value is -0.0500. The van der Waals surface area contributed by atoms with Gasteiger partial charge in [-0.25, -0.2) is 0 Å². The second-order valence-electron chi connectivity index (χ2n) is 3.24. The first-order valence-corrected chi connectivity index (χ1v) is 5.12. The van der Waals surface area contributed by atoms with Crippen molar-refractivity contribution in [1.29, 1.82) is 0 Å². The molecule has 72 valence electrons. The zero-order chi connectivity index (χ0) is 8.39. The Morgan fingerprint density at radius 1 is 1.38 bits per heavy atom. The van der Waals surface area contributed by atoms with E-state index in [-0.39, 0.29) is 12.4 Å². The minimum Gasteiger partial charge on any atom is -0.316 e. The van der Waals surface area contributed by atoms with Crippen LogP contribution in [-0.4, -0.2) is 13.1 Å². The summed E-state index contributed by atoms with van der Waals surface area (Å²) in [6, 6.07) is 8.61. The van der Waals surface area contributed by atoms with Gasteiger partial charge in [0, 0.05) is 11.0 Å². The Kier molecular flexibility index (Phi) is 4.23. The molecule has 1 aromatic rings. The van der Waals surface area contributed by atoms with Crippen molar-refractivity contribution in [2.75, 3.05) is 13.1 Å². The first-order valence-electron chi connectivity index (χ1n) is 4.32. The van der Waals surface area contributed by atoms with Crippen LogP contribution in [0.3, 0.4) is 0 Å². The maximum Gasteiger partial charge on any atom is 0.0178 e. The molecule has 1 heterocycles. The highest BCUT2D eigenvalue weighted by Crippen LogP contribution is 2.24. The molecule has 0 aliphatic carbocycles. The molecular weight excluding hydrogens is 249 g/mol. The largest absolute Gasteiger partial charge is 0.316 e. The van der Waals surface area contributed by atoms with E-state index in [9.17, 15) is 0 Å². The van der Waals surface area contributed by atoms with Crippen molar-refractivity contribution in [3.63, 3.8) is 0 Å². The molecule has 0 spiro atoms. The standard InChI is InChI=1S/C10H12BrN.ClH/c11-10-3-1-2-8(6-10)9-4-5-12-7-9;/h1-3,6,9,12H,4-5,7H2;1H/t9-;/m0./s1. The van der Waals surface area contributed by atoms with Crippen molar-refractivity contribution in [1.82, 2.24) is 5.32 Å². The lowest BCUT2D eigenvalue weighted by Gasteiger charge is -2.08. The topological polar surface area (TPSA) is 12.0 Å². The molecule has 0 unspecified atom stereocenters. The molecule has 2 rings (SSSR count). The van der Waals surface area contributed by atoms with E-state index in [1.54, 1.807) is 0 Å². The summed E-state index contributed by atoms with van der Waals surface area (Å²) >= 11 is 3.49. The lowest BCUT2D eigenvalue weighted by molar-refractivity contribution is 0.763. The molecule has 0 radical (unpaired) electrons. The van der Waals surface area contributed by atoms with Gasteiger partial charge in [0.05, 0.1) is 0 Å². The van der Waals surface area contributed by atoms with Crippen LogP contribution in [0.5, 0.6) is 0 Å². The van der Waals surface area contributed by atoms with Gasteiger partial charge in [0.25, 0.3) is 0 Å². The van der Waals surface area contributed by atoms with Gasteiger partial charge in [-0.2, -0.15) is 0 Å². The summed E-state index contributed by atoms with van der Waals surface area (Å²) < 4.78 is 1.19. The second-order valence-corrected chi connectivity index (χ2v) is 4.16. The van der Waals surface area contributed by atoms with Crippen LogP contribution >= 0.6 is 28.3 Å². The normalized spacial score (nSPS) is 21.2. The molecule has 1 aromatic carbocycles. The SMILES string of the molecule is Brc1cccc([C@H]2CCNC2)c1.Cl. The molecule has 0 saturated carbocycles. The van der Waals surface area contributed by atoms with Gasteiger partial charge in [0.2, 0.25) is 0 Å². The second kappa shape index (κ2) is 4.99. The molecule has 0 amide bonds. The number of halogens is 2. The van der Waals surface area contributed by atoms with Crippen LogP contribution in [0.15, 0.2) is 28.7 Å². The molecule has 0 bridgehead atoms. The summed E-state index contributed by atoms with van der Waals surface area (Å²) in [5.74, 6) is 0.725. The van der Waals surface area contributed by atoms with Crippen LogP contribution in [0.1, 0.15) is 17.9 Å². The van der Waals surface area contributed by atoms with Gasteiger partial charge in [-0.05, 0) is 36.6 Å². The summed E-state index contributed by atoms with van der Waals surface area (Å²) in [7, 11) is 0. The van der Waals surface area contributed by atoms with Gasteiger partial charge in [-0.1, -0.05) is 28.1 Å². The number of benzene rings is 1. The fourth-order valence-corrected chi connectivity index (χ4v) is 2.12. The monoisotopic (exact) mass is 261 g/mol. The zero-order valence-electron chi connectivity index (χ0n) is 7.29.